The topological polar surface area (TPSA) is 74.2 Å². The number of phenols is 1. The second-order valence-electron chi connectivity index (χ2n) is 6.64. The van der Waals surface area contributed by atoms with Gasteiger partial charge in [0.15, 0.2) is 5.82 Å². The van der Waals surface area contributed by atoms with Crippen LogP contribution in [0.4, 0.5) is 5.82 Å². The van der Waals surface area contributed by atoms with Crippen LogP contribution in [-0.4, -0.2) is 51.4 Å². The van der Waals surface area contributed by atoms with Gasteiger partial charge in [0.25, 0.3) is 0 Å². The summed E-state index contributed by atoms with van der Waals surface area (Å²) in [6, 6.07) is 7.38. The lowest BCUT2D eigenvalue weighted by molar-refractivity contribution is 0.322. The summed E-state index contributed by atoms with van der Waals surface area (Å²) in [4.78, 5) is 6.60. The van der Waals surface area contributed by atoms with Gasteiger partial charge in [-0.15, -0.1) is 10.2 Å². The van der Waals surface area contributed by atoms with Crippen molar-refractivity contribution >= 4 is 28.2 Å². The van der Waals surface area contributed by atoms with Crippen molar-refractivity contribution in [2.75, 3.05) is 25.5 Å². The summed E-state index contributed by atoms with van der Waals surface area (Å²) < 4.78 is 0. The Bertz CT molecular complexity index is 948. The maximum Gasteiger partial charge on any atom is 0.158 e. The minimum absolute atomic E-state index is 0.0817. The minimum Gasteiger partial charge on any atom is -0.507 e. The molecule has 1 atom stereocenters. The van der Waals surface area contributed by atoms with E-state index in [0.29, 0.717) is 28.1 Å². The van der Waals surface area contributed by atoms with Crippen molar-refractivity contribution in [1.29, 1.82) is 0 Å². The molecule has 0 saturated carbocycles. The minimum atomic E-state index is 0.0817. The first-order valence-corrected chi connectivity index (χ1v) is 9.04. The number of aromatic hydroxyl groups is 1. The van der Waals surface area contributed by atoms with E-state index >= 15 is 0 Å². The number of nitrogens with zero attached hydrogens (tertiary/aromatic N) is 4. The number of halogens is 1. The summed E-state index contributed by atoms with van der Waals surface area (Å²) in [6.07, 6.45) is 5.91. The summed E-state index contributed by atoms with van der Waals surface area (Å²) in [5.41, 5.74) is 1.21. The zero-order valence-corrected chi connectivity index (χ0v) is 15.2. The Morgan fingerprint density at radius 2 is 2.15 bits per heavy atom. The number of aromatic nitrogens is 3. The summed E-state index contributed by atoms with van der Waals surface area (Å²) in [5, 5.41) is 24.7. The van der Waals surface area contributed by atoms with Gasteiger partial charge < -0.3 is 15.3 Å². The van der Waals surface area contributed by atoms with Gasteiger partial charge in [-0.05, 0) is 50.7 Å². The molecular formula is C19H20ClN5O. The number of phenolic OH excluding ortho intramolecular Hbond substituents is 1. The smallest absolute Gasteiger partial charge is 0.158 e. The van der Waals surface area contributed by atoms with E-state index in [1.54, 1.807) is 24.5 Å². The number of fused-ring (bicyclic) bond motifs is 1. The fourth-order valence-corrected chi connectivity index (χ4v) is 3.65. The highest BCUT2D eigenvalue weighted by Gasteiger charge is 2.21. The average Bonchev–Trinajstić information content (AvgIpc) is 3.05. The predicted molar refractivity (Wildman–Crippen MR) is 104 cm³/mol. The van der Waals surface area contributed by atoms with Crippen LogP contribution in [0.5, 0.6) is 5.75 Å². The van der Waals surface area contributed by atoms with E-state index in [9.17, 15) is 5.11 Å². The van der Waals surface area contributed by atoms with Crippen LogP contribution in [0, 0.1) is 0 Å². The van der Waals surface area contributed by atoms with Gasteiger partial charge in [0.2, 0.25) is 0 Å². The van der Waals surface area contributed by atoms with Crippen molar-refractivity contribution in [3.63, 3.8) is 0 Å². The van der Waals surface area contributed by atoms with Gasteiger partial charge in [-0.1, -0.05) is 11.6 Å². The number of benzene rings is 1. The van der Waals surface area contributed by atoms with Gasteiger partial charge in [-0.2, -0.15) is 0 Å². The molecule has 4 rings (SSSR count). The Kier molecular flexibility index (Phi) is 4.61. The zero-order valence-electron chi connectivity index (χ0n) is 14.5. The number of hydrogen-bond donors (Lipinski definition) is 2. The maximum absolute atomic E-state index is 10.3. The standard InChI is InChI=1S/C19H20ClN5O/c1-25-8-2-3-13(25)10-22-19-16-11-21-7-6-14(16)18(23-24-19)15-5-4-12(20)9-17(15)26/h4-7,9,11,13,26H,2-3,8,10H2,1H3,(H,22,24). The molecule has 3 heterocycles. The third-order valence-electron chi connectivity index (χ3n) is 4.97. The largest absolute Gasteiger partial charge is 0.507 e. The van der Waals surface area contributed by atoms with Gasteiger partial charge in [-0.25, -0.2) is 0 Å². The lowest BCUT2D eigenvalue weighted by Gasteiger charge is -2.20. The fourth-order valence-electron chi connectivity index (χ4n) is 3.48. The first-order valence-electron chi connectivity index (χ1n) is 8.67. The van der Waals surface area contributed by atoms with Gasteiger partial charge in [0.05, 0.1) is 0 Å². The van der Waals surface area contributed by atoms with Gasteiger partial charge in [0.1, 0.15) is 11.4 Å². The normalized spacial score (nSPS) is 17.7. The van der Waals surface area contributed by atoms with Crippen LogP contribution in [-0.2, 0) is 0 Å². The second kappa shape index (κ2) is 7.05. The lowest BCUT2D eigenvalue weighted by atomic mass is 10.1. The van der Waals surface area contributed by atoms with Crippen molar-refractivity contribution in [3.05, 3.63) is 41.7 Å². The van der Waals surface area contributed by atoms with E-state index in [0.717, 1.165) is 23.9 Å². The molecular weight excluding hydrogens is 350 g/mol. The monoisotopic (exact) mass is 369 g/mol. The molecule has 1 unspecified atom stereocenters. The van der Waals surface area contributed by atoms with E-state index in [4.69, 9.17) is 11.6 Å². The van der Waals surface area contributed by atoms with Crippen LogP contribution in [0.1, 0.15) is 12.8 Å². The summed E-state index contributed by atoms with van der Waals surface area (Å²) in [5.74, 6) is 0.795. The Morgan fingerprint density at radius 3 is 2.92 bits per heavy atom. The van der Waals surface area contributed by atoms with E-state index in [1.165, 1.54) is 18.9 Å². The molecule has 1 aliphatic heterocycles. The molecule has 26 heavy (non-hydrogen) atoms. The van der Waals surface area contributed by atoms with E-state index < -0.39 is 0 Å². The van der Waals surface area contributed by atoms with Crippen LogP contribution >= 0.6 is 11.6 Å². The average molecular weight is 370 g/mol. The Balaban J connectivity index is 1.71. The molecule has 1 aromatic carbocycles. The van der Waals surface area contributed by atoms with Crippen molar-refractivity contribution in [2.24, 2.45) is 0 Å². The van der Waals surface area contributed by atoms with Gasteiger partial charge in [-0.3, -0.25) is 4.98 Å². The van der Waals surface area contributed by atoms with Gasteiger partial charge in [0, 0.05) is 46.3 Å². The molecule has 1 fully saturated rings. The lowest BCUT2D eigenvalue weighted by Crippen LogP contribution is -2.31. The SMILES string of the molecule is CN1CCCC1CNc1nnc(-c2ccc(Cl)cc2O)c2ccncc12. The summed E-state index contributed by atoms with van der Waals surface area (Å²) in [6.45, 7) is 1.95. The first-order chi connectivity index (χ1) is 12.6. The number of rotatable bonds is 4. The molecule has 2 aromatic heterocycles. The quantitative estimate of drug-likeness (QED) is 0.732. The van der Waals surface area contributed by atoms with Crippen LogP contribution in [0.2, 0.25) is 5.02 Å². The molecule has 3 aromatic rings. The molecule has 1 aliphatic rings. The van der Waals surface area contributed by atoms with Crippen molar-refractivity contribution in [1.82, 2.24) is 20.1 Å². The molecule has 1 saturated heterocycles. The predicted octanol–water partition coefficient (Wildman–Crippen LogP) is 3.56. The number of likely N-dealkylation sites (tertiary alicyclic amines) is 1. The highest BCUT2D eigenvalue weighted by Crippen LogP contribution is 2.35. The summed E-state index contributed by atoms with van der Waals surface area (Å²) in [7, 11) is 2.15. The molecule has 6 nitrogen and oxygen atoms in total. The van der Waals surface area contributed by atoms with Crippen molar-refractivity contribution in [2.45, 2.75) is 18.9 Å². The van der Waals surface area contributed by atoms with Crippen molar-refractivity contribution < 1.29 is 5.11 Å². The molecule has 134 valence electrons. The maximum atomic E-state index is 10.3. The number of likely N-dealkylation sites (N-methyl/N-ethyl adjacent to an activating group) is 1. The van der Waals surface area contributed by atoms with Crippen LogP contribution in [0.15, 0.2) is 36.7 Å². The number of nitrogens with one attached hydrogen (secondary N) is 1. The van der Waals surface area contributed by atoms with Crippen LogP contribution in [0.25, 0.3) is 22.0 Å². The molecule has 2 N–H and O–H groups in total. The molecule has 0 amide bonds. The van der Waals surface area contributed by atoms with Crippen LogP contribution < -0.4 is 5.32 Å². The molecule has 0 spiro atoms. The van der Waals surface area contributed by atoms with E-state index in [2.05, 4.69) is 32.4 Å². The molecule has 0 radical (unpaired) electrons. The number of anilines is 1. The Morgan fingerprint density at radius 1 is 1.27 bits per heavy atom. The zero-order chi connectivity index (χ0) is 18.1. The molecule has 0 bridgehead atoms. The third kappa shape index (κ3) is 3.18. The fraction of sp³-hybridized carbons (Fsp3) is 0.316. The highest BCUT2D eigenvalue weighted by atomic mass is 35.5. The Labute approximate surface area is 156 Å². The highest BCUT2D eigenvalue weighted by molar-refractivity contribution is 6.30. The van der Waals surface area contributed by atoms with Gasteiger partial charge >= 0.3 is 0 Å². The second-order valence-corrected chi connectivity index (χ2v) is 7.07. The van der Waals surface area contributed by atoms with E-state index in [1.807, 2.05) is 6.07 Å². The third-order valence-corrected chi connectivity index (χ3v) is 5.21. The molecule has 0 aliphatic carbocycles. The number of pyridine rings is 1. The van der Waals surface area contributed by atoms with E-state index in [-0.39, 0.29) is 5.75 Å². The summed E-state index contributed by atoms with van der Waals surface area (Å²) >= 11 is 5.94. The number of hydrogen-bond acceptors (Lipinski definition) is 6. The van der Waals surface area contributed by atoms with Crippen LogP contribution in [0.3, 0.4) is 0 Å². The van der Waals surface area contributed by atoms with Crippen molar-refractivity contribution in [3.8, 4) is 17.0 Å². The molecule has 7 heteroatoms. The Hall–Kier alpha value is -2.44. The first kappa shape index (κ1) is 17.0.